The molecule has 0 radical (unpaired) electrons. The summed E-state index contributed by atoms with van der Waals surface area (Å²) in [5.74, 6) is 2.36. The van der Waals surface area contributed by atoms with Gasteiger partial charge in [0.2, 0.25) is 0 Å². The molecule has 0 unspecified atom stereocenters. The lowest BCUT2D eigenvalue weighted by Gasteiger charge is -2.33. The standard InChI is InChI=1S/C17H14Cl2/c18-16-11-7-12(17(16)19)15-10-6-2-4-8-3-1-5-9(13(8)10)14(11)15/h1-6,11-12,14-17H,7H2/t11-,12+,14+,15-,16-,17-/m0/s1. The first-order valence-corrected chi connectivity index (χ1v) is 7.94. The van der Waals surface area contributed by atoms with Gasteiger partial charge >= 0.3 is 0 Å². The number of benzene rings is 2. The van der Waals surface area contributed by atoms with E-state index in [1.807, 2.05) is 0 Å². The van der Waals surface area contributed by atoms with Crippen molar-refractivity contribution in [1.29, 1.82) is 0 Å². The van der Waals surface area contributed by atoms with E-state index in [2.05, 4.69) is 36.4 Å². The fourth-order valence-electron chi connectivity index (χ4n) is 5.07. The summed E-state index contributed by atoms with van der Waals surface area (Å²) < 4.78 is 0. The fourth-order valence-corrected chi connectivity index (χ4v) is 5.96. The molecule has 96 valence electrons. The van der Waals surface area contributed by atoms with Gasteiger partial charge in [-0.15, -0.1) is 23.2 Å². The smallest absolute Gasteiger partial charge is 0.0537 e. The SMILES string of the molecule is Cl[C@@H]1[C@@H](Cl)[C@@H]2C[C@H]1[C@H]1c3cccc4cccc(c34)[C@@H]21. The first-order valence-electron chi connectivity index (χ1n) is 7.07. The van der Waals surface area contributed by atoms with Crippen LogP contribution in [0.25, 0.3) is 10.8 Å². The highest BCUT2D eigenvalue weighted by Crippen LogP contribution is 2.67. The summed E-state index contributed by atoms with van der Waals surface area (Å²) in [5.41, 5.74) is 3.06. The molecular weight excluding hydrogens is 275 g/mol. The summed E-state index contributed by atoms with van der Waals surface area (Å²) in [6.07, 6.45) is 1.21. The summed E-state index contributed by atoms with van der Waals surface area (Å²) in [6, 6.07) is 13.5. The lowest BCUT2D eigenvalue weighted by molar-refractivity contribution is 0.390. The second-order valence-electron chi connectivity index (χ2n) is 6.30. The predicted octanol–water partition coefficient (Wildman–Crippen LogP) is 4.89. The van der Waals surface area contributed by atoms with Crippen LogP contribution in [-0.2, 0) is 0 Å². The van der Waals surface area contributed by atoms with Crippen LogP contribution in [0.3, 0.4) is 0 Å². The van der Waals surface area contributed by atoms with E-state index in [9.17, 15) is 0 Å². The van der Waals surface area contributed by atoms with Crippen LogP contribution in [0.5, 0.6) is 0 Å². The van der Waals surface area contributed by atoms with Crippen LogP contribution in [0.1, 0.15) is 29.4 Å². The molecular formula is C17H14Cl2. The minimum absolute atomic E-state index is 0.150. The maximum absolute atomic E-state index is 6.57. The van der Waals surface area contributed by atoms with Crippen molar-refractivity contribution in [3.63, 3.8) is 0 Å². The highest BCUT2D eigenvalue weighted by molar-refractivity contribution is 6.31. The summed E-state index contributed by atoms with van der Waals surface area (Å²) >= 11 is 13.1. The topological polar surface area (TPSA) is 0 Å². The second-order valence-corrected chi connectivity index (χ2v) is 7.30. The van der Waals surface area contributed by atoms with E-state index in [4.69, 9.17) is 23.2 Å². The van der Waals surface area contributed by atoms with Gasteiger partial charge in [0.1, 0.15) is 0 Å². The number of fused-ring (bicyclic) bond motifs is 7. The van der Waals surface area contributed by atoms with Gasteiger partial charge in [-0.05, 0) is 52.0 Å². The zero-order chi connectivity index (χ0) is 12.7. The molecule has 0 amide bonds. The van der Waals surface area contributed by atoms with Gasteiger partial charge in [-0.3, -0.25) is 0 Å². The number of hydrogen-bond donors (Lipinski definition) is 0. The van der Waals surface area contributed by atoms with Crippen molar-refractivity contribution >= 4 is 34.0 Å². The molecule has 6 atom stereocenters. The third-order valence-electron chi connectivity index (χ3n) is 5.66. The first kappa shape index (κ1) is 11.0. The summed E-state index contributed by atoms with van der Waals surface area (Å²) in [4.78, 5) is 0. The normalized spacial score (nSPS) is 42.0. The Bertz CT molecular complexity index is 638. The molecule has 2 bridgehead atoms. The van der Waals surface area contributed by atoms with E-state index in [1.54, 1.807) is 0 Å². The zero-order valence-corrected chi connectivity index (χ0v) is 11.9. The summed E-state index contributed by atoms with van der Waals surface area (Å²) in [7, 11) is 0. The van der Waals surface area contributed by atoms with Crippen molar-refractivity contribution in [2.45, 2.75) is 29.0 Å². The number of alkyl halides is 2. The van der Waals surface area contributed by atoms with E-state index < -0.39 is 0 Å². The number of rotatable bonds is 0. The van der Waals surface area contributed by atoms with Crippen LogP contribution in [0.4, 0.5) is 0 Å². The average molecular weight is 289 g/mol. The van der Waals surface area contributed by atoms with Crippen LogP contribution >= 0.6 is 23.2 Å². The van der Waals surface area contributed by atoms with Gasteiger partial charge in [-0.2, -0.15) is 0 Å². The second kappa shape index (κ2) is 3.48. The number of hydrogen-bond acceptors (Lipinski definition) is 0. The van der Waals surface area contributed by atoms with E-state index in [1.165, 1.54) is 28.3 Å². The lowest BCUT2D eigenvalue weighted by atomic mass is 9.77. The average Bonchev–Trinajstić information content (AvgIpc) is 3.05. The first-order chi connectivity index (χ1) is 9.27. The van der Waals surface area contributed by atoms with Gasteiger partial charge in [0.15, 0.2) is 0 Å². The minimum Gasteiger partial charge on any atom is -0.121 e. The molecule has 2 heteroatoms. The Morgan fingerprint density at radius 2 is 1.32 bits per heavy atom. The van der Waals surface area contributed by atoms with Crippen molar-refractivity contribution in [1.82, 2.24) is 0 Å². The highest BCUT2D eigenvalue weighted by atomic mass is 35.5. The maximum atomic E-state index is 6.57. The Balaban J connectivity index is 1.82. The molecule has 0 nitrogen and oxygen atoms in total. The fraction of sp³-hybridized carbons (Fsp3) is 0.412. The van der Waals surface area contributed by atoms with Crippen molar-refractivity contribution in [2.24, 2.45) is 11.8 Å². The largest absolute Gasteiger partial charge is 0.121 e. The van der Waals surface area contributed by atoms with Gasteiger partial charge in [0.25, 0.3) is 0 Å². The summed E-state index contributed by atoms with van der Waals surface area (Å²) in [5, 5.41) is 3.17. The van der Waals surface area contributed by atoms with Gasteiger partial charge in [-0.25, -0.2) is 0 Å². The van der Waals surface area contributed by atoms with Crippen molar-refractivity contribution in [3.8, 4) is 0 Å². The van der Waals surface area contributed by atoms with Gasteiger partial charge in [0.05, 0.1) is 10.8 Å². The molecule has 0 spiro atoms. The van der Waals surface area contributed by atoms with E-state index >= 15 is 0 Å². The molecule has 0 aromatic heterocycles. The molecule has 0 aliphatic heterocycles. The van der Waals surface area contributed by atoms with E-state index in [0.29, 0.717) is 23.7 Å². The third-order valence-corrected chi connectivity index (χ3v) is 6.98. The monoisotopic (exact) mass is 288 g/mol. The maximum Gasteiger partial charge on any atom is 0.0537 e. The van der Waals surface area contributed by atoms with E-state index in [0.717, 1.165) is 0 Å². The van der Waals surface area contributed by atoms with Crippen LogP contribution in [0.2, 0.25) is 0 Å². The lowest BCUT2D eigenvalue weighted by Crippen LogP contribution is -2.31. The molecule has 0 heterocycles. The molecule has 19 heavy (non-hydrogen) atoms. The molecule has 0 N–H and O–H groups in total. The predicted molar refractivity (Wildman–Crippen MR) is 80.3 cm³/mol. The molecule has 2 saturated carbocycles. The molecule has 5 rings (SSSR count). The van der Waals surface area contributed by atoms with Crippen molar-refractivity contribution in [2.75, 3.05) is 0 Å². The van der Waals surface area contributed by atoms with Crippen molar-refractivity contribution < 1.29 is 0 Å². The quantitative estimate of drug-likeness (QED) is 0.606. The van der Waals surface area contributed by atoms with Gasteiger partial charge in [0, 0.05) is 0 Å². The van der Waals surface area contributed by atoms with Gasteiger partial charge < -0.3 is 0 Å². The Morgan fingerprint density at radius 3 is 1.84 bits per heavy atom. The molecule has 3 aliphatic carbocycles. The van der Waals surface area contributed by atoms with E-state index in [-0.39, 0.29) is 10.8 Å². The Hall–Kier alpha value is -0.720. The Kier molecular flexibility index (Phi) is 2.01. The zero-order valence-electron chi connectivity index (χ0n) is 10.4. The molecule has 2 aromatic carbocycles. The van der Waals surface area contributed by atoms with Crippen LogP contribution in [0.15, 0.2) is 36.4 Å². The molecule has 3 aliphatic rings. The Morgan fingerprint density at radius 1 is 0.789 bits per heavy atom. The van der Waals surface area contributed by atoms with Crippen molar-refractivity contribution in [3.05, 3.63) is 47.5 Å². The molecule has 2 fully saturated rings. The van der Waals surface area contributed by atoms with Gasteiger partial charge in [-0.1, -0.05) is 36.4 Å². The molecule has 0 saturated heterocycles. The van der Waals surface area contributed by atoms with Crippen LogP contribution in [-0.4, -0.2) is 10.8 Å². The molecule has 2 aromatic rings. The minimum atomic E-state index is 0.150. The van der Waals surface area contributed by atoms with Crippen LogP contribution < -0.4 is 0 Å². The van der Waals surface area contributed by atoms with Crippen LogP contribution in [0, 0.1) is 11.8 Å². The number of halogens is 2. The Labute approximate surface area is 122 Å². The third kappa shape index (κ3) is 1.15. The highest BCUT2D eigenvalue weighted by Gasteiger charge is 2.60. The summed E-state index contributed by atoms with van der Waals surface area (Å²) in [6.45, 7) is 0.